The molecule has 3 aromatic rings. The molecule has 11 nitrogen and oxygen atoms in total. The lowest BCUT2D eigenvalue weighted by Crippen LogP contribution is -2.30. The highest BCUT2D eigenvalue weighted by Crippen LogP contribution is 2.38. The van der Waals surface area contributed by atoms with E-state index in [1.54, 1.807) is 6.07 Å². The summed E-state index contributed by atoms with van der Waals surface area (Å²) in [5, 5.41) is 9.25. The van der Waals surface area contributed by atoms with Gasteiger partial charge in [0.15, 0.2) is 0 Å². The first-order valence-electron chi connectivity index (χ1n) is 11.0. The van der Waals surface area contributed by atoms with E-state index >= 15 is 0 Å². The summed E-state index contributed by atoms with van der Waals surface area (Å²) in [6.07, 6.45) is 3.94. The zero-order valence-electron chi connectivity index (χ0n) is 18.8. The van der Waals surface area contributed by atoms with E-state index < -0.39 is 40.9 Å². The normalized spacial score (nSPS) is 14.2. The Hall–Kier alpha value is -2.78. The number of carbonyl (C=O) groups is 1. The van der Waals surface area contributed by atoms with Crippen molar-refractivity contribution in [3.05, 3.63) is 40.2 Å². The first-order chi connectivity index (χ1) is 16.8. The van der Waals surface area contributed by atoms with E-state index in [0.717, 1.165) is 43.5 Å². The van der Waals surface area contributed by atoms with Crippen LogP contribution in [-0.2, 0) is 31.5 Å². The number of carboxylic acid groups (broad SMARTS) is 1. The molecular formula is C22H23NO10S3. The lowest BCUT2D eigenvalue weighted by Gasteiger charge is -2.31. The Balaban J connectivity index is 1.72. The van der Waals surface area contributed by atoms with Gasteiger partial charge in [0.2, 0.25) is 0 Å². The monoisotopic (exact) mass is 557 g/mol. The number of thiophene rings is 1. The van der Waals surface area contributed by atoms with E-state index in [2.05, 4.69) is 4.90 Å². The van der Waals surface area contributed by atoms with E-state index in [1.807, 2.05) is 6.07 Å². The molecule has 0 spiro atoms. The highest BCUT2D eigenvalue weighted by Gasteiger charge is 2.28. The third kappa shape index (κ3) is 5.62. The summed E-state index contributed by atoms with van der Waals surface area (Å²) >= 11 is 0.331. The second-order valence-electron chi connectivity index (χ2n) is 8.47. The molecule has 0 amide bonds. The van der Waals surface area contributed by atoms with Crippen LogP contribution in [0.4, 0.5) is 5.69 Å². The predicted molar refractivity (Wildman–Crippen MR) is 132 cm³/mol. The number of aliphatic carboxylic acids is 1. The maximum atomic E-state index is 12.8. The molecule has 1 aromatic carbocycles. The van der Waals surface area contributed by atoms with Crippen LogP contribution in [0.2, 0.25) is 0 Å². The number of anilines is 1. The van der Waals surface area contributed by atoms with Crippen LogP contribution in [-0.4, -0.2) is 50.1 Å². The van der Waals surface area contributed by atoms with Gasteiger partial charge in [0.1, 0.15) is 14.7 Å². The standard InChI is InChI=1S/C22H23NO10S3/c24-19(25)6-2-1-3-7-23-8-4-5-13-9-14-10-15(22(26)33-17(14)11-16(13)23)21-18(35(27,28)29)12-20(34-21)36(30,31)32/h9-12H,1-8H2,(H,24,25)(H,27,28,29)(H,30,31,32). The summed E-state index contributed by atoms with van der Waals surface area (Å²) in [6.45, 7) is 1.51. The highest BCUT2D eigenvalue weighted by molar-refractivity contribution is 7.89. The maximum Gasteiger partial charge on any atom is 0.345 e. The SMILES string of the molecule is O=C(O)CCCCCN1CCCc2cc3cc(-c4sc(S(=O)(=O)O)cc4S(=O)(=O)O)c(=O)oc3cc21. The number of hydrogen-bond acceptors (Lipinski definition) is 9. The smallest absolute Gasteiger partial charge is 0.345 e. The van der Waals surface area contributed by atoms with Gasteiger partial charge in [-0.15, -0.1) is 11.3 Å². The fourth-order valence-electron chi connectivity index (χ4n) is 4.28. The molecule has 0 unspecified atom stereocenters. The molecule has 0 fully saturated rings. The third-order valence-corrected chi connectivity index (χ3v) is 9.40. The molecule has 0 saturated heterocycles. The van der Waals surface area contributed by atoms with Crippen LogP contribution in [0.25, 0.3) is 21.4 Å². The Kier molecular flexibility index (Phi) is 7.26. The predicted octanol–water partition coefficient (Wildman–Crippen LogP) is 3.41. The number of rotatable bonds is 9. The molecule has 36 heavy (non-hydrogen) atoms. The fourth-order valence-corrected chi connectivity index (χ4v) is 7.21. The summed E-state index contributed by atoms with van der Waals surface area (Å²) in [5.74, 6) is -0.820. The Morgan fingerprint density at radius 3 is 2.44 bits per heavy atom. The van der Waals surface area contributed by atoms with E-state index in [4.69, 9.17) is 9.52 Å². The molecule has 2 aromatic heterocycles. The minimum atomic E-state index is -4.92. The molecule has 4 rings (SSSR count). The van der Waals surface area contributed by atoms with Crippen molar-refractivity contribution in [3.8, 4) is 10.4 Å². The van der Waals surface area contributed by atoms with Crippen LogP contribution in [0.5, 0.6) is 0 Å². The van der Waals surface area contributed by atoms with Crippen molar-refractivity contribution in [1.82, 2.24) is 0 Å². The first-order valence-corrected chi connectivity index (χ1v) is 14.7. The zero-order valence-corrected chi connectivity index (χ0v) is 21.3. The second-order valence-corrected chi connectivity index (χ2v) is 12.6. The Labute approximate surface area is 210 Å². The van der Waals surface area contributed by atoms with Gasteiger partial charge in [0.05, 0.1) is 10.4 Å². The van der Waals surface area contributed by atoms with Crippen molar-refractivity contribution >= 4 is 54.2 Å². The van der Waals surface area contributed by atoms with E-state index in [0.29, 0.717) is 35.8 Å². The van der Waals surface area contributed by atoms with Crippen LogP contribution in [0.3, 0.4) is 0 Å². The molecule has 0 atom stereocenters. The van der Waals surface area contributed by atoms with Gasteiger partial charge in [0.25, 0.3) is 10.1 Å². The summed E-state index contributed by atoms with van der Waals surface area (Å²) in [4.78, 5) is 24.5. The number of fused-ring (bicyclic) bond motifs is 2. The quantitative estimate of drug-likeness (QED) is 0.199. The average molecular weight is 558 g/mol. The fraction of sp³-hybridized carbons (Fsp3) is 0.364. The largest absolute Gasteiger partial charge is 0.481 e. The molecule has 194 valence electrons. The summed E-state index contributed by atoms with van der Waals surface area (Å²) in [5.41, 5.74) is 0.929. The molecule has 0 radical (unpaired) electrons. The van der Waals surface area contributed by atoms with Crippen LogP contribution in [0.15, 0.2) is 42.6 Å². The van der Waals surface area contributed by atoms with Crippen molar-refractivity contribution in [3.63, 3.8) is 0 Å². The summed E-state index contributed by atoms with van der Waals surface area (Å²) in [7, 11) is -9.70. The van der Waals surface area contributed by atoms with Crippen molar-refractivity contribution in [1.29, 1.82) is 0 Å². The van der Waals surface area contributed by atoms with Gasteiger partial charge in [-0.25, -0.2) is 4.79 Å². The van der Waals surface area contributed by atoms with Gasteiger partial charge in [-0.2, -0.15) is 16.8 Å². The lowest BCUT2D eigenvalue weighted by molar-refractivity contribution is -0.137. The van der Waals surface area contributed by atoms with Crippen molar-refractivity contribution in [2.24, 2.45) is 0 Å². The Bertz CT molecular complexity index is 1600. The van der Waals surface area contributed by atoms with Crippen molar-refractivity contribution in [2.45, 2.75) is 47.6 Å². The molecular weight excluding hydrogens is 534 g/mol. The number of aryl methyl sites for hydroxylation is 1. The van der Waals surface area contributed by atoms with E-state index in [-0.39, 0.29) is 22.4 Å². The molecule has 1 aliphatic rings. The van der Waals surface area contributed by atoms with Crippen molar-refractivity contribution < 1.29 is 40.3 Å². The average Bonchev–Trinajstić information content (AvgIpc) is 3.24. The zero-order chi connectivity index (χ0) is 26.3. The van der Waals surface area contributed by atoms with Gasteiger partial charge >= 0.3 is 21.7 Å². The molecule has 1 aliphatic heterocycles. The van der Waals surface area contributed by atoms with Gasteiger partial charge in [-0.3, -0.25) is 13.9 Å². The molecule has 0 bridgehead atoms. The Morgan fingerprint density at radius 1 is 1.03 bits per heavy atom. The Morgan fingerprint density at radius 2 is 1.78 bits per heavy atom. The van der Waals surface area contributed by atoms with Gasteiger partial charge in [-0.1, -0.05) is 6.42 Å². The number of nitrogens with zero attached hydrogens (tertiary/aromatic N) is 1. The second kappa shape index (κ2) is 9.94. The van der Waals surface area contributed by atoms with Crippen LogP contribution in [0.1, 0.15) is 37.7 Å². The lowest BCUT2D eigenvalue weighted by atomic mass is 9.98. The van der Waals surface area contributed by atoms with E-state index in [9.17, 15) is 35.5 Å². The molecule has 0 saturated carbocycles. The first kappa shape index (κ1) is 26.3. The summed E-state index contributed by atoms with van der Waals surface area (Å²) < 4.78 is 70.4. The van der Waals surface area contributed by atoms with Crippen LogP contribution < -0.4 is 10.5 Å². The number of carboxylic acids is 1. The molecule has 3 heterocycles. The van der Waals surface area contributed by atoms with Crippen LogP contribution in [0, 0.1) is 0 Å². The molecule has 14 heteroatoms. The van der Waals surface area contributed by atoms with E-state index in [1.165, 1.54) is 6.07 Å². The number of hydrogen-bond donors (Lipinski definition) is 3. The molecule has 3 N–H and O–H groups in total. The van der Waals surface area contributed by atoms with Gasteiger partial charge < -0.3 is 14.4 Å². The van der Waals surface area contributed by atoms with Gasteiger partial charge in [-0.05, 0) is 49.4 Å². The van der Waals surface area contributed by atoms with Crippen molar-refractivity contribution in [2.75, 3.05) is 18.0 Å². The summed E-state index contributed by atoms with van der Waals surface area (Å²) in [6, 6.07) is 5.52. The number of unbranched alkanes of at least 4 members (excludes halogenated alkanes) is 2. The van der Waals surface area contributed by atoms with Gasteiger partial charge in [0, 0.05) is 36.7 Å². The minimum Gasteiger partial charge on any atom is -0.481 e. The number of benzene rings is 1. The topological polar surface area (TPSA) is 179 Å². The highest BCUT2D eigenvalue weighted by atomic mass is 32.3. The maximum absolute atomic E-state index is 12.8. The van der Waals surface area contributed by atoms with Crippen LogP contribution >= 0.6 is 11.3 Å². The minimum absolute atomic E-state index is 0.129. The third-order valence-electron chi connectivity index (χ3n) is 5.92. The molecule has 0 aliphatic carbocycles.